The number of aryl methyl sites for hydroxylation is 2. The van der Waals surface area contributed by atoms with E-state index in [0.717, 1.165) is 10.3 Å². The third-order valence-corrected chi connectivity index (χ3v) is 5.25. The van der Waals surface area contributed by atoms with E-state index in [0.29, 0.717) is 6.04 Å². The SMILES string of the molecule is Cc1cc(NC2CCCc3sccc32)ncc1Br. The van der Waals surface area contributed by atoms with Crippen LogP contribution in [-0.4, -0.2) is 4.98 Å². The lowest BCUT2D eigenvalue weighted by atomic mass is 9.94. The number of pyridine rings is 1. The maximum atomic E-state index is 4.44. The standard InChI is InChI=1S/C14H15BrN2S/c1-9-7-14(16-8-11(9)15)17-12-3-2-4-13-10(12)5-6-18-13/h5-8,12H,2-4H2,1H3,(H,16,17). The van der Waals surface area contributed by atoms with Crippen LogP contribution in [0.1, 0.15) is 34.9 Å². The van der Waals surface area contributed by atoms with Gasteiger partial charge >= 0.3 is 0 Å². The van der Waals surface area contributed by atoms with E-state index in [1.807, 2.05) is 17.5 Å². The van der Waals surface area contributed by atoms with Gasteiger partial charge in [-0.3, -0.25) is 0 Å². The number of nitrogens with zero attached hydrogens (tertiary/aromatic N) is 1. The summed E-state index contributed by atoms with van der Waals surface area (Å²) in [5.41, 5.74) is 2.68. The Kier molecular flexibility index (Phi) is 3.39. The zero-order chi connectivity index (χ0) is 12.5. The smallest absolute Gasteiger partial charge is 0.126 e. The first kappa shape index (κ1) is 12.2. The summed E-state index contributed by atoms with van der Waals surface area (Å²) < 4.78 is 1.06. The Morgan fingerprint density at radius 3 is 3.22 bits per heavy atom. The molecule has 4 heteroatoms. The van der Waals surface area contributed by atoms with Crippen molar-refractivity contribution in [2.24, 2.45) is 0 Å². The lowest BCUT2D eigenvalue weighted by Gasteiger charge is -2.24. The van der Waals surface area contributed by atoms with Gasteiger partial charge in [-0.2, -0.15) is 0 Å². The Hall–Kier alpha value is -0.870. The Labute approximate surface area is 120 Å². The summed E-state index contributed by atoms with van der Waals surface area (Å²) in [4.78, 5) is 5.97. The summed E-state index contributed by atoms with van der Waals surface area (Å²) in [6.45, 7) is 2.09. The second-order valence-electron chi connectivity index (χ2n) is 4.71. The Balaban J connectivity index is 1.84. The molecule has 2 aromatic heterocycles. The van der Waals surface area contributed by atoms with Gasteiger partial charge in [0, 0.05) is 15.5 Å². The molecule has 1 unspecified atom stereocenters. The van der Waals surface area contributed by atoms with Gasteiger partial charge in [-0.05, 0) is 70.8 Å². The summed E-state index contributed by atoms with van der Waals surface area (Å²) in [7, 11) is 0. The molecule has 0 aliphatic heterocycles. The maximum absolute atomic E-state index is 4.44. The molecule has 2 aromatic rings. The third kappa shape index (κ3) is 2.31. The molecule has 1 N–H and O–H groups in total. The first-order valence-electron chi connectivity index (χ1n) is 6.19. The highest BCUT2D eigenvalue weighted by molar-refractivity contribution is 9.10. The summed E-state index contributed by atoms with van der Waals surface area (Å²) in [6, 6.07) is 4.78. The van der Waals surface area contributed by atoms with Crippen molar-refractivity contribution >= 4 is 33.1 Å². The molecule has 0 bridgehead atoms. The predicted octanol–water partition coefficient (Wildman–Crippen LogP) is 4.70. The molecular formula is C14H15BrN2S. The van der Waals surface area contributed by atoms with E-state index in [9.17, 15) is 0 Å². The van der Waals surface area contributed by atoms with Crippen molar-refractivity contribution in [2.45, 2.75) is 32.2 Å². The lowest BCUT2D eigenvalue weighted by Crippen LogP contribution is -2.16. The van der Waals surface area contributed by atoms with Crippen LogP contribution < -0.4 is 5.32 Å². The van der Waals surface area contributed by atoms with E-state index in [1.165, 1.54) is 35.3 Å². The minimum Gasteiger partial charge on any atom is -0.363 e. The van der Waals surface area contributed by atoms with Crippen LogP contribution in [0.15, 0.2) is 28.2 Å². The topological polar surface area (TPSA) is 24.9 Å². The molecule has 0 saturated heterocycles. The van der Waals surface area contributed by atoms with Crippen LogP contribution in [0.3, 0.4) is 0 Å². The minimum atomic E-state index is 0.424. The quantitative estimate of drug-likeness (QED) is 0.866. The molecule has 2 heterocycles. The second-order valence-corrected chi connectivity index (χ2v) is 6.56. The zero-order valence-corrected chi connectivity index (χ0v) is 12.6. The number of rotatable bonds is 2. The number of thiophene rings is 1. The highest BCUT2D eigenvalue weighted by Crippen LogP contribution is 2.35. The molecule has 1 aliphatic carbocycles. The number of hydrogen-bond donors (Lipinski definition) is 1. The molecule has 3 rings (SSSR count). The van der Waals surface area contributed by atoms with Gasteiger partial charge in [-0.25, -0.2) is 4.98 Å². The minimum absolute atomic E-state index is 0.424. The van der Waals surface area contributed by atoms with Crippen molar-refractivity contribution in [1.29, 1.82) is 0 Å². The van der Waals surface area contributed by atoms with Gasteiger partial charge in [0.25, 0.3) is 0 Å². The van der Waals surface area contributed by atoms with Crippen molar-refractivity contribution in [2.75, 3.05) is 5.32 Å². The summed E-state index contributed by atoms with van der Waals surface area (Å²) in [5, 5.41) is 5.77. The van der Waals surface area contributed by atoms with Gasteiger partial charge in [-0.1, -0.05) is 0 Å². The molecule has 18 heavy (non-hydrogen) atoms. The first-order valence-corrected chi connectivity index (χ1v) is 7.86. The van der Waals surface area contributed by atoms with Gasteiger partial charge in [-0.15, -0.1) is 11.3 Å². The summed E-state index contributed by atoms with van der Waals surface area (Å²) in [6.07, 6.45) is 5.56. The van der Waals surface area contributed by atoms with E-state index >= 15 is 0 Å². The Bertz CT molecular complexity index is 565. The van der Waals surface area contributed by atoms with E-state index in [2.05, 4.69) is 50.7 Å². The Morgan fingerprint density at radius 2 is 2.39 bits per heavy atom. The fraction of sp³-hybridized carbons (Fsp3) is 0.357. The number of aromatic nitrogens is 1. The zero-order valence-electron chi connectivity index (χ0n) is 10.2. The molecule has 0 spiro atoms. The van der Waals surface area contributed by atoms with Crippen molar-refractivity contribution in [3.05, 3.63) is 44.2 Å². The van der Waals surface area contributed by atoms with Crippen LogP contribution >= 0.6 is 27.3 Å². The maximum Gasteiger partial charge on any atom is 0.126 e. The third-order valence-electron chi connectivity index (χ3n) is 3.42. The summed E-state index contributed by atoms with van der Waals surface area (Å²) in [5.74, 6) is 0.972. The monoisotopic (exact) mass is 322 g/mol. The molecule has 0 amide bonds. The predicted molar refractivity (Wildman–Crippen MR) is 80.3 cm³/mol. The number of fused-ring (bicyclic) bond motifs is 1. The largest absolute Gasteiger partial charge is 0.363 e. The number of anilines is 1. The Morgan fingerprint density at radius 1 is 1.50 bits per heavy atom. The van der Waals surface area contributed by atoms with Gasteiger partial charge in [0.15, 0.2) is 0 Å². The van der Waals surface area contributed by atoms with E-state index < -0.39 is 0 Å². The van der Waals surface area contributed by atoms with Gasteiger partial charge in [0.05, 0.1) is 6.04 Å². The average Bonchev–Trinajstić information content (AvgIpc) is 2.83. The van der Waals surface area contributed by atoms with Gasteiger partial charge in [0.2, 0.25) is 0 Å². The van der Waals surface area contributed by atoms with Crippen molar-refractivity contribution in [3.8, 4) is 0 Å². The number of hydrogen-bond acceptors (Lipinski definition) is 3. The van der Waals surface area contributed by atoms with Gasteiger partial charge < -0.3 is 5.32 Å². The fourth-order valence-electron chi connectivity index (χ4n) is 2.43. The molecule has 2 nitrogen and oxygen atoms in total. The first-order chi connectivity index (χ1) is 8.74. The van der Waals surface area contributed by atoms with Crippen LogP contribution in [0, 0.1) is 6.92 Å². The molecule has 1 atom stereocenters. The van der Waals surface area contributed by atoms with Crippen LogP contribution in [0.4, 0.5) is 5.82 Å². The van der Waals surface area contributed by atoms with Crippen molar-refractivity contribution in [3.63, 3.8) is 0 Å². The fourth-order valence-corrected chi connectivity index (χ4v) is 3.64. The van der Waals surface area contributed by atoms with Crippen LogP contribution in [-0.2, 0) is 6.42 Å². The molecule has 1 aliphatic rings. The molecular weight excluding hydrogens is 308 g/mol. The average molecular weight is 323 g/mol. The van der Waals surface area contributed by atoms with Crippen molar-refractivity contribution < 1.29 is 0 Å². The number of halogens is 1. The number of nitrogens with one attached hydrogen (secondary N) is 1. The second kappa shape index (κ2) is 5.02. The van der Waals surface area contributed by atoms with Crippen LogP contribution in [0.25, 0.3) is 0 Å². The normalized spacial score (nSPS) is 18.4. The molecule has 0 saturated carbocycles. The van der Waals surface area contributed by atoms with Gasteiger partial charge in [0.1, 0.15) is 5.82 Å². The molecule has 94 valence electrons. The lowest BCUT2D eigenvalue weighted by molar-refractivity contribution is 0.607. The molecule has 0 aromatic carbocycles. The molecule has 0 fully saturated rings. The van der Waals surface area contributed by atoms with E-state index in [4.69, 9.17) is 0 Å². The van der Waals surface area contributed by atoms with Crippen LogP contribution in [0.5, 0.6) is 0 Å². The van der Waals surface area contributed by atoms with E-state index in [1.54, 1.807) is 0 Å². The highest BCUT2D eigenvalue weighted by Gasteiger charge is 2.21. The van der Waals surface area contributed by atoms with E-state index in [-0.39, 0.29) is 0 Å². The van der Waals surface area contributed by atoms with Crippen molar-refractivity contribution in [1.82, 2.24) is 4.98 Å². The highest BCUT2D eigenvalue weighted by atomic mass is 79.9. The van der Waals surface area contributed by atoms with Crippen LogP contribution in [0.2, 0.25) is 0 Å². The molecule has 0 radical (unpaired) electrons. The summed E-state index contributed by atoms with van der Waals surface area (Å²) >= 11 is 5.36.